The number of benzene rings is 1. The zero-order valence-corrected chi connectivity index (χ0v) is 16.7. The van der Waals surface area contributed by atoms with Crippen molar-refractivity contribution in [1.29, 1.82) is 0 Å². The number of piperidine rings is 1. The van der Waals surface area contributed by atoms with Crippen molar-refractivity contribution in [3.05, 3.63) is 54.2 Å². The molecule has 4 rings (SSSR count). The van der Waals surface area contributed by atoms with Crippen LogP contribution in [0.25, 0.3) is 11.4 Å². The van der Waals surface area contributed by atoms with Crippen molar-refractivity contribution in [2.75, 3.05) is 27.3 Å². The third-order valence-electron chi connectivity index (χ3n) is 5.08. The van der Waals surface area contributed by atoms with Crippen LogP contribution >= 0.6 is 0 Å². The summed E-state index contributed by atoms with van der Waals surface area (Å²) in [5.41, 5.74) is -0.885. The van der Waals surface area contributed by atoms with Crippen molar-refractivity contribution in [2.45, 2.75) is 18.5 Å². The smallest absolute Gasteiger partial charge is 0.266 e. The lowest BCUT2D eigenvalue weighted by molar-refractivity contribution is 0.0152. The van der Waals surface area contributed by atoms with Crippen LogP contribution in [0.1, 0.15) is 29.1 Å². The summed E-state index contributed by atoms with van der Waals surface area (Å²) in [6, 6.07) is 8.31. The van der Waals surface area contributed by atoms with E-state index in [-0.39, 0.29) is 30.6 Å². The van der Waals surface area contributed by atoms with Gasteiger partial charge in [-0.1, -0.05) is 5.16 Å². The number of carbonyl (C=O) groups is 1. The molecule has 2 aromatic heterocycles. The average Bonchev–Trinajstić information content (AvgIpc) is 3.30. The van der Waals surface area contributed by atoms with Gasteiger partial charge in [-0.3, -0.25) is 9.78 Å². The Morgan fingerprint density at radius 1 is 1.17 bits per heavy atom. The molecule has 0 radical (unpaired) electrons. The van der Waals surface area contributed by atoms with E-state index in [9.17, 15) is 4.79 Å². The predicted octanol–water partition coefficient (Wildman–Crippen LogP) is 3.25. The Hall–Kier alpha value is -3.49. The molecular weight excluding hydrogens is 391 g/mol. The Bertz CT molecular complexity index is 1020. The molecule has 1 aliphatic heterocycles. The molecule has 1 fully saturated rings. The molecule has 1 saturated heterocycles. The van der Waals surface area contributed by atoms with E-state index in [0.29, 0.717) is 35.6 Å². The summed E-state index contributed by atoms with van der Waals surface area (Å²) in [5.74, 6) is 0.809. The van der Waals surface area contributed by atoms with Gasteiger partial charge in [-0.05, 0) is 37.1 Å². The van der Waals surface area contributed by atoms with Crippen LogP contribution in [0.4, 0.5) is 4.39 Å². The number of hydrogen-bond acceptors (Lipinski definition) is 7. The number of methoxy groups -OCH3 is 2. The molecule has 1 unspecified atom stereocenters. The first-order valence-corrected chi connectivity index (χ1v) is 9.48. The molecule has 156 valence electrons. The number of nitrogens with zero attached hydrogens (tertiary/aromatic N) is 4. The van der Waals surface area contributed by atoms with Gasteiger partial charge in [0.25, 0.3) is 11.8 Å². The molecular formula is C21H21FN4O4. The van der Waals surface area contributed by atoms with Crippen LogP contribution in [0.15, 0.2) is 47.2 Å². The molecule has 0 spiro atoms. The monoisotopic (exact) mass is 412 g/mol. The molecule has 3 heterocycles. The van der Waals surface area contributed by atoms with Crippen LogP contribution in [-0.2, 0) is 5.67 Å². The SMILES string of the molecule is COc1cc(OC)cc(C(=O)N2CCCC(F)(c3nc(-c4ccncc4)no3)C2)c1. The summed E-state index contributed by atoms with van der Waals surface area (Å²) in [6.45, 7) is 0.249. The van der Waals surface area contributed by atoms with Crippen molar-refractivity contribution < 1.29 is 23.2 Å². The third kappa shape index (κ3) is 3.83. The fraction of sp³-hybridized carbons (Fsp3) is 0.333. The molecule has 9 heteroatoms. The van der Waals surface area contributed by atoms with Crippen molar-refractivity contribution in [3.63, 3.8) is 0 Å². The highest BCUT2D eigenvalue weighted by Crippen LogP contribution is 2.36. The van der Waals surface area contributed by atoms with Crippen LogP contribution in [0, 0.1) is 0 Å². The number of rotatable bonds is 5. The topological polar surface area (TPSA) is 90.6 Å². The number of alkyl halides is 1. The molecule has 0 bridgehead atoms. The molecule has 8 nitrogen and oxygen atoms in total. The summed E-state index contributed by atoms with van der Waals surface area (Å²) >= 11 is 0. The van der Waals surface area contributed by atoms with Gasteiger partial charge in [-0.25, -0.2) is 4.39 Å². The van der Waals surface area contributed by atoms with E-state index in [1.807, 2.05) is 0 Å². The molecule has 3 aromatic rings. The normalized spacial score (nSPS) is 18.8. The van der Waals surface area contributed by atoms with Gasteiger partial charge in [-0.15, -0.1) is 0 Å². The van der Waals surface area contributed by atoms with E-state index in [4.69, 9.17) is 14.0 Å². The molecule has 1 aromatic carbocycles. The first-order chi connectivity index (χ1) is 14.5. The molecule has 1 amide bonds. The molecule has 0 N–H and O–H groups in total. The number of pyridine rings is 1. The number of ether oxygens (including phenoxy) is 2. The number of likely N-dealkylation sites (tertiary alicyclic amines) is 1. The lowest BCUT2D eigenvalue weighted by atomic mass is 9.94. The minimum absolute atomic E-state index is 0.130. The maximum Gasteiger partial charge on any atom is 0.266 e. The number of amides is 1. The lowest BCUT2D eigenvalue weighted by Gasteiger charge is -2.35. The maximum atomic E-state index is 15.8. The average molecular weight is 412 g/mol. The first-order valence-electron chi connectivity index (χ1n) is 9.48. The number of carbonyl (C=O) groups excluding carboxylic acids is 1. The van der Waals surface area contributed by atoms with Gasteiger partial charge in [0.15, 0.2) is 0 Å². The summed E-state index contributed by atoms with van der Waals surface area (Å²) in [5, 5.41) is 3.89. The van der Waals surface area contributed by atoms with Crippen LogP contribution in [0.3, 0.4) is 0 Å². The maximum absolute atomic E-state index is 15.8. The fourth-order valence-electron chi connectivity index (χ4n) is 3.50. The Kier molecular flexibility index (Phi) is 5.35. The highest BCUT2D eigenvalue weighted by Gasteiger charge is 2.44. The molecule has 1 aliphatic rings. The Morgan fingerprint density at radius 3 is 2.53 bits per heavy atom. The zero-order valence-electron chi connectivity index (χ0n) is 16.7. The predicted molar refractivity (Wildman–Crippen MR) is 105 cm³/mol. The molecule has 0 aliphatic carbocycles. The van der Waals surface area contributed by atoms with Crippen molar-refractivity contribution in [2.24, 2.45) is 0 Å². The Balaban J connectivity index is 1.57. The van der Waals surface area contributed by atoms with Crippen molar-refractivity contribution in [3.8, 4) is 22.9 Å². The second kappa shape index (κ2) is 8.10. The Morgan fingerprint density at radius 2 is 1.87 bits per heavy atom. The van der Waals surface area contributed by atoms with E-state index < -0.39 is 5.67 Å². The molecule has 1 atom stereocenters. The quantitative estimate of drug-likeness (QED) is 0.635. The van der Waals surface area contributed by atoms with Gasteiger partial charge in [0, 0.05) is 36.1 Å². The summed E-state index contributed by atoms with van der Waals surface area (Å²) in [6.07, 6.45) is 3.85. The summed E-state index contributed by atoms with van der Waals surface area (Å²) in [7, 11) is 3.01. The minimum atomic E-state index is -1.92. The summed E-state index contributed by atoms with van der Waals surface area (Å²) in [4.78, 5) is 22.7. The van der Waals surface area contributed by atoms with Gasteiger partial charge in [0.1, 0.15) is 11.5 Å². The molecule has 0 saturated carbocycles. The lowest BCUT2D eigenvalue weighted by Crippen LogP contribution is -2.46. The molecule has 30 heavy (non-hydrogen) atoms. The number of halogens is 1. The number of hydrogen-bond donors (Lipinski definition) is 0. The van der Waals surface area contributed by atoms with Gasteiger partial charge >= 0.3 is 0 Å². The minimum Gasteiger partial charge on any atom is -0.497 e. The van der Waals surface area contributed by atoms with Crippen LogP contribution < -0.4 is 9.47 Å². The second-order valence-corrected chi connectivity index (χ2v) is 7.06. The van der Waals surface area contributed by atoms with E-state index in [1.54, 1.807) is 42.7 Å². The van der Waals surface area contributed by atoms with Gasteiger partial charge in [0.2, 0.25) is 11.5 Å². The van der Waals surface area contributed by atoms with Crippen LogP contribution in [-0.4, -0.2) is 53.2 Å². The van der Waals surface area contributed by atoms with Crippen LogP contribution in [0.5, 0.6) is 11.5 Å². The third-order valence-corrected chi connectivity index (χ3v) is 5.08. The first kappa shape index (κ1) is 19.8. The van der Waals surface area contributed by atoms with E-state index >= 15 is 4.39 Å². The standard InChI is InChI=1S/C21H21FN4O4/c1-28-16-10-15(11-17(12-16)29-2)19(27)26-9-3-6-21(22,13-26)20-24-18(25-30-20)14-4-7-23-8-5-14/h4-5,7-8,10-12H,3,6,9,13H2,1-2H3. The highest BCUT2D eigenvalue weighted by atomic mass is 19.1. The van der Waals surface area contributed by atoms with Crippen LogP contribution in [0.2, 0.25) is 0 Å². The van der Waals surface area contributed by atoms with E-state index in [0.717, 1.165) is 0 Å². The highest BCUT2D eigenvalue weighted by molar-refractivity contribution is 5.95. The fourth-order valence-corrected chi connectivity index (χ4v) is 3.50. The van der Waals surface area contributed by atoms with Gasteiger partial charge < -0.3 is 18.9 Å². The summed E-state index contributed by atoms with van der Waals surface area (Å²) < 4.78 is 31.5. The van der Waals surface area contributed by atoms with Gasteiger partial charge in [-0.2, -0.15) is 4.98 Å². The Labute approximate surface area is 172 Å². The van der Waals surface area contributed by atoms with E-state index in [1.165, 1.54) is 19.1 Å². The largest absolute Gasteiger partial charge is 0.497 e. The second-order valence-electron chi connectivity index (χ2n) is 7.06. The number of aromatic nitrogens is 3. The van der Waals surface area contributed by atoms with Crippen molar-refractivity contribution >= 4 is 5.91 Å². The zero-order chi connectivity index (χ0) is 21.1. The van der Waals surface area contributed by atoms with E-state index in [2.05, 4.69) is 15.1 Å². The van der Waals surface area contributed by atoms with Crippen molar-refractivity contribution in [1.82, 2.24) is 20.0 Å². The van der Waals surface area contributed by atoms with Gasteiger partial charge in [0.05, 0.1) is 20.8 Å².